The predicted molar refractivity (Wildman–Crippen MR) is 48.6 cm³/mol. The summed E-state index contributed by atoms with van der Waals surface area (Å²) in [5.41, 5.74) is 0.988. The van der Waals surface area contributed by atoms with E-state index in [9.17, 15) is 10.1 Å². The maximum atomic E-state index is 10.3. The average Bonchev–Trinajstić information content (AvgIpc) is 2.17. The monoisotopic (exact) mass is 181 g/mol. The lowest BCUT2D eigenvalue weighted by Gasteiger charge is -2.06. The summed E-state index contributed by atoms with van der Waals surface area (Å²) in [5, 5.41) is 19.1. The molecular weight excluding hydrogens is 170 g/mol. The molecule has 0 saturated heterocycles. The van der Waals surface area contributed by atoms with Crippen molar-refractivity contribution >= 4 is 5.69 Å². The van der Waals surface area contributed by atoms with Crippen molar-refractivity contribution in [3.05, 3.63) is 39.9 Å². The Morgan fingerprint density at radius 1 is 1.46 bits per heavy atom. The lowest BCUT2D eigenvalue weighted by molar-refractivity contribution is -0.384. The Kier molecular flexibility index (Phi) is 2.97. The molecule has 0 radical (unpaired) electrons. The molecule has 0 saturated carbocycles. The van der Waals surface area contributed by atoms with Crippen molar-refractivity contribution in [3.8, 4) is 0 Å². The molecule has 0 amide bonds. The molecule has 70 valence electrons. The molecule has 0 aromatic heterocycles. The summed E-state index contributed by atoms with van der Waals surface area (Å²) in [5.74, 6) is 0.0285. The molecule has 13 heavy (non-hydrogen) atoms. The highest BCUT2D eigenvalue weighted by atomic mass is 16.6. The van der Waals surface area contributed by atoms with Crippen molar-refractivity contribution in [1.82, 2.24) is 0 Å². The lowest BCUT2D eigenvalue weighted by Crippen LogP contribution is -1.98. The number of aliphatic hydroxyl groups is 1. The van der Waals surface area contributed by atoms with E-state index in [1.54, 1.807) is 12.1 Å². The number of aliphatic hydroxyl groups excluding tert-OH is 1. The Hall–Kier alpha value is -1.42. The zero-order valence-corrected chi connectivity index (χ0v) is 7.30. The highest BCUT2D eigenvalue weighted by Crippen LogP contribution is 2.18. The van der Waals surface area contributed by atoms with Crippen LogP contribution in [0.15, 0.2) is 24.3 Å². The summed E-state index contributed by atoms with van der Waals surface area (Å²) < 4.78 is 0. The SMILES string of the molecule is CC(CO)c1ccc([N+](=O)[O-])cc1. The van der Waals surface area contributed by atoms with Crippen LogP contribution in [0.1, 0.15) is 18.4 Å². The molecule has 4 nitrogen and oxygen atoms in total. The Balaban J connectivity index is 2.87. The number of non-ortho nitro benzene ring substituents is 1. The molecule has 0 aliphatic carbocycles. The number of hydrogen-bond donors (Lipinski definition) is 1. The topological polar surface area (TPSA) is 63.4 Å². The summed E-state index contributed by atoms with van der Waals surface area (Å²) in [4.78, 5) is 9.87. The van der Waals surface area contributed by atoms with Crippen LogP contribution in [-0.2, 0) is 0 Å². The van der Waals surface area contributed by atoms with E-state index in [0.29, 0.717) is 0 Å². The van der Waals surface area contributed by atoms with E-state index in [2.05, 4.69) is 0 Å². The van der Waals surface area contributed by atoms with Crippen LogP contribution in [0.2, 0.25) is 0 Å². The third kappa shape index (κ3) is 2.26. The molecule has 0 fully saturated rings. The first-order valence-electron chi connectivity index (χ1n) is 4.00. The molecule has 4 heteroatoms. The molecule has 0 aliphatic heterocycles. The van der Waals surface area contributed by atoms with Gasteiger partial charge >= 0.3 is 0 Å². The molecule has 0 bridgehead atoms. The first-order chi connectivity index (χ1) is 6.15. The predicted octanol–water partition coefficient (Wildman–Crippen LogP) is 1.69. The van der Waals surface area contributed by atoms with E-state index < -0.39 is 4.92 Å². The molecule has 0 heterocycles. The number of hydrogen-bond acceptors (Lipinski definition) is 3. The van der Waals surface area contributed by atoms with E-state index in [1.807, 2.05) is 6.92 Å². The second kappa shape index (κ2) is 4.00. The fourth-order valence-corrected chi connectivity index (χ4v) is 1.03. The van der Waals surface area contributed by atoms with Gasteiger partial charge in [0.05, 0.1) is 4.92 Å². The smallest absolute Gasteiger partial charge is 0.269 e. The molecular formula is C9H11NO3. The van der Waals surface area contributed by atoms with Gasteiger partial charge in [0.1, 0.15) is 0 Å². The first kappa shape index (κ1) is 9.67. The number of nitro benzene ring substituents is 1. The van der Waals surface area contributed by atoms with Crippen molar-refractivity contribution in [2.45, 2.75) is 12.8 Å². The second-order valence-electron chi connectivity index (χ2n) is 2.93. The van der Waals surface area contributed by atoms with Gasteiger partial charge in [0, 0.05) is 24.7 Å². The van der Waals surface area contributed by atoms with Crippen molar-refractivity contribution in [1.29, 1.82) is 0 Å². The third-order valence-corrected chi connectivity index (χ3v) is 1.95. The Morgan fingerprint density at radius 3 is 2.38 bits per heavy atom. The molecule has 1 atom stereocenters. The maximum Gasteiger partial charge on any atom is 0.269 e. The Bertz CT molecular complexity index is 294. The van der Waals surface area contributed by atoms with E-state index in [1.165, 1.54) is 12.1 Å². The Morgan fingerprint density at radius 2 is 2.00 bits per heavy atom. The fourth-order valence-electron chi connectivity index (χ4n) is 1.03. The number of rotatable bonds is 3. The van der Waals surface area contributed by atoms with E-state index in [-0.39, 0.29) is 18.2 Å². The Labute approximate surface area is 76.0 Å². The van der Waals surface area contributed by atoms with Crippen molar-refractivity contribution in [2.24, 2.45) is 0 Å². The number of benzene rings is 1. The maximum absolute atomic E-state index is 10.3. The van der Waals surface area contributed by atoms with Gasteiger partial charge < -0.3 is 5.11 Å². The normalized spacial score (nSPS) is 12.5. The standard InChI is InChI=1S/C9H11NO3/c1-7(6-11)8-2-4-9(5-3-8)10(12)13/h2-5,7,11H,6H2,1H3. The van der Waals surface area contributed by atoms with Crippen LogP contribution in [0.25, 0.3) is 0 Å². The van der Waals surface area contributed by atoms with Gasteiger partial charge in [-0.25, -0.2) is 0 Å². The molecule has 0 spiro atoms. The fraction of sp³-hybridized carbons (Fsp3) is 0.333. The highest BCUT2D eigenvalue weighted by molar-refractivity contribution is 5.34. The minimum absolute atomic E-state index is 0.0285. The average molecular weight is 181 g/mol. The molecule has 1 aromatic carbocycles. The first-order valence-corrected chi connectivity index (χ1v) is 4.00. The van der Waals surface area contributed by atoms with Gasteiger partial charge in [-0.3, -0.25) is 10.1 Å². The van der Waals surface area contributed by atoms with Crippen LogP contribution in [0.3, 0.4) is 0 Å². The van der Waals surface area contributed by atoms with Crippen LogP contribution in [0.4, 0.5) is 5.69 Å². The van der Waals surface area contributed by atoms with Crippen molar-refractivity contribution in [2.75, 3.05) is 6.61 Å². The minimum atomic E-state index is -0.437. The van der Waals surface area contributed by atoms with Crippen LogP contribution in [-0.4, -0.2) is 16.6 Å². The summed E-state index contributed by atoms with van der Waals surface area (Å²) in [6, 6.07) is 6.22. The summed E-state index contributed by atoms with van der Waals surface area (Å²) in [6.07, 6.45) is 0. The van der Waals surface area contributed by atoms with Gasteiger partial charge in [-0.05, 0) is 5.56 Å². The highest BCUT2D eigenvalue weighted by Gasteiger charge is 2.07. The summed E-state index contributed by atoms with van der Waals surface area (Å²) >= 11 is 0. The van der Waals surface area contributed by atoms with Gasteiger partial charge in [-0.15, -0.1) is 0 Å². The lowest BCUT2D eigenvalue weighted by atomic mass is 10.0. The largest absolute Gasteiger partial charge is 0.396 e. The quantitative estimate of drug-likeness (QED) is 0.570. The van der Waals surface area contributed by atoms with Gasteiger partial charge in [-0.2, -0.15) is 0 Å². The zero-order valence-electron chi connectivity index (χ0n) is 7.30. The summed E-state index contributed by atoms with van der Waals surface area (Å²) in [7, 11) is 0. The second-order valence-corrected chi connectivity index (χ2v) is 2.93. The molecule has 1 N–H and O–H groups in total. The van der Waals surface area contributed by atoms with E-state index >= 15 is 0 Å². The van der Waals surface area contributed by atoms with Crippen LogP contribution < -0.4 is 0 Å². The zero-order chi connectivity index (χ0) is 9.84. The molecule has 1 aromatic rings. The van der Waals surface area contributed by atoms with E-state index in [0.717, 1.165) is 5.56 Å². The van der Waals surface area contributed by atoms with Gasteiger partial charge in [0.2, 0.25) is 0 Å². The summed E-state index contributed by atoms with van der Waals surface area (Å²) in [6.45, 7) is 1.92. The van der Waals surface area contributed by atoms with Crippen molar-refractivity contribution < 1.29 is 10.0 Å². The van der Waals surface area contributed by atoms with Crippen molar-refractivity contribution in [3.63, 3.8) is 0 Å². The molecule has 1 rings (SSSR count). The number of nitro groups is 1. The van der Waals surface area contributed by atoms with E-state index in [4.69, 9.17) is 5.11 Å². The third-order valence-electron chi connectivity index (χ3n) is 1.95. The minimum Gasteiger partial charge on any atom is -0.396 e. The molecule has 1 unspecified atom stereocenters. The van der Waals surface area contributed by atoms with Gasteiger partial charge in [0.15, 0.2) is 0 Å². The van der Waals surface area contributed by atoms with Gasteiger partial charge in [-0.1, -0.05) is 19.1 Å². The van der Waals surface area contributed by atoms with Crippen LogP contribution in [0.5, 0.6) is 0 Å². The molecule has 0 aliphatic rings. The van der Waals surface area contributed by atoms with Gasteiger partial charge in [0.25, 0.3) is 5.69 Å². The number of nitrogens with zero attached hydrogens (tertiary/aromatic N) is 1. The van der Waals surface area contributed by atoms with Crippen LogP contribution in [0, 0.1) is 10.1 Å². The van der Waals surface area contributed by atoms with Crippen LogP contribution >= 0.6 is 0 Å².